The molecule has 2 aliphatic carbocycles. The van der Waals surface area contributed by atoms with Gasteiger partial charge in [-0.3, -0.25) is 0 Å². The van der Waals surface area contributed by atoms with Crippen LogP contribution in [0, 0.1) is 10.8 Å². The summed E-state index contributed by atoms with van der Waals surface area (Å²) < 4.78 is 0. The molecule has 0 aromatic rings. The third kappa shape index (κ3) is 4.31. The number of aliphatic hydroxyl groups is 1. The van der Waals surface area contributed by atoms with Gasteiger partial charge < -0.3 is 42.3 Å². The largest absolute Gasteiger partial charge is 3.00 e. The summed E-state index contributed by atoms with van der Waals surface area (Å²) in [5.74, 6) is 0. The maximum atomic E-state index is 11.4. The standard InChI is InChI=1S/C21H32O.3ClH.Zr/c1-11-13(3)17(20(7,8)15(11)5)19(22)18-14(4)12(2)16(6)21(18,9)10;;;;/h19,22H,1-10H3;3*1H;/q;;;;+3/p-3. The summed E-state index contributed by atoms with van der Waals surface area (Å²) in [7, 11) is 0. The van der Waals surface area contributed by atoms with Crippen LogP contribution in [0.4, 0.5) is 0 Å². The summed E-state index contributed by atoms with van der Waals surface area (Å²) in [5, 5.41) is 11.4. The zero-order chi connectivity index (χ0) is 17.2. The van der Waals surface area contributed by atoms with E-state index >= 15 is 0 Å². The SMILES string of the molecule is CC1=C(C)C(C)(C)C(C(O)C2=C(C)C(C)=C(C)C2(C)C)=C1C.[Cl-].[Cl-].[Cl-].[Zr+3]. The molecular weight excluding hydrogens is 466 g/mol. The maximum absolute atomic E-state index is 11.4. The van der Waals surface area contributed by atoms with Crippen LogP contribution in [0.3, 0.4) is 0 Å². The van der Waals surface area contributed by atoms with Crippen LogP contribution in [0.1, 0.15) is 69.2 Å². The molecule has 0 unspecified atom stereocenters. The van der Waals surface area contributed by atoms with Gasteiger partial charge in [-0.2, -0.15) is 0 Å². The molecule has 0 saturated carbocycles. The molecule has 0 aliphatic heterocycles. The van der Waals surface area contributed by atoms with Crippen molar-refractivity contribution < 1.29 is 68.5 Å². The minimum absolute atomic E-state index is 0. The van der Waals surface area contributed by atoms with Crippen molar-refractivity contribution in [3.8, 4) is 0 Å². The molecule has 0 fully saturated rings. The van der Waals surface area contributed by atoms with E-state index in [2.05, 4.69) is 69.2 Å². The van der Waals surface area contributed by atoms with Crippen LogP contribution in [0.2, 0.25) is 0 Å². The summed E-state index contributed by atoms with van der Waals surface area (Å²) in [5.41, 5.74) is 10.2. The molecule has 26 heavy (non-hydrogen) atoms. The molecule has 1 radical (unpaired) electrons. The molecule has 0 aromatic carbocycles. The van der Waals surface area contributed by atoms with E-state index in [1.165, 1.54) is 44.6 Å². The Morgan fingerprint density at radius 2 is 0.808 bits per heavy atom. The predicted octanol–water partition coefficient (Wildman–Crippen LogP) is -3.26. The molecule has 0 saturated heterocycles. The topological polar surface area (TPSA) is 20.2 Å². The first kappa shape index (κ1) is 31.4. The van der Waals surface area contributed by atoms with Gasteiger partial charge in [-0.1, -0.05) is 38.8 Å². The molecule has 0 amide bonds. The van der Waals surface area contributed by atoms with Crippen LogP contribution in [-0.2, 0) is 26.2 Å². The molecule has 5 heteroatoms. The monoisotopic (exact) mass is 495 g/mol. The van der Waals surface area contributed by atoms with E-state index in [4.69, 9.17) is 0 Å². The van der Waals surface area contributed by atoms with E-state index < -0.39 is 6.10 Å². The van der Waals surface area contributed by atoms with Gasteiger partial charge >= 0.3 is 26.2 Å². The van der Waals surface area contributed by atoms with Crippen molar-refractivity contribution in [3.63, 3.8) is 0 Å². The van der Waals surface area contributed by atoms with Crippen molar-refractivity contribution in [3.05, 3.63) is 44.6 Å². The van der Waals surface area contributed by atoms with Crippen molar-refractivity contribution >= 4 is 0 Å². The van der Waals surface area contributed by atoms with Crippen LogP contribution in [0.15, 0.2) is 44.6 Å². The van der Waals surface area contributed by atoms with Crippen LogP contribution < -0.4 is 37.2 Å². The van der Waals surface area contributed by atoms with Gasteiger partial charge in [-0.05, 0) is 75.0 Å². The summed E-state index contributed by atoms with van der Waals surface area (Å²) >= 11 is 0. The third-order valence-corrected chi connectivity index (χ3v) is 6.83. The van der Waals surface area contributed by atoms with Gasteiger partial charge in [-0.15, -0.1) is 0 Å². The summed E-state index contributed by atoms with van der Waals surface area (Å²) in [4.78, 5) is 0. The Balaban J connectivity index is -0.00000132. The number of halogens is 3. The average Bonchev–Trinajstić information content (AvgIpc) is 2.66. The Morgan fingerprint density at radius 3 is 0.962 bits per heavy atom. The number of rotatable bonds is 2. The molecule has 0 atom stereocenters. The number of hydrogen-bond acceptors (Lipinski definition) is 1. The van der Waals surface area contributed by atoms with Crippen molar-refractivity contribution in [2.75, 3.05) is 0 Å². The van der Waals surface area contributed by atoms with Gasteiger partial charge in [0.1, 0.15) is 0 Å². The number of hydrogen-bond donors (Lipinski definition) is 1. The van der Waals surface area contributed by atoms with E-state index in [0.29, 0.717) is 0 Å². The van der Waals surface area contributed by atoms with Crippen LogP contribution in [0.5, 0.6) is 0 Å². The summed E-state index contributed by atoms with van der Waals surface area (Å²) in [6.07, 6.45) is -0.496. The van der Waals surface area contributed by atoms with Crippen LogP contribution >= 0.6 is 0 Å². The first-order valence-corrected chi connectivity index (χ1v) is 8.34. The van der Waals surface area contributed by atoms with Crippen molar-refractivity contribution in [2.24, 2.45) is 10.8 Å². The Morgan fingerprint density at radius 1 is 0.577 bits per heavy atom. The van der Waals surface area contributed by atoms with Crippen LogP contribution in [0.25, 0.3) is 0 Å². The van der Waals surface area contributed by atoms with Gasteiger partial charge in [0.15, 0.2) is 0 Å². The van der Waals surface area contributed by atoms with Crippen molar-refractivity contribution in [1.82, 2.24) is 0 Å². The van der Waals surface area contributed by atoms with E-state index in [1.807, 2.05) is 0 Å². The summed E-state index contributed by atoms with van der Waals surface area (Å²) in [6.45, 7) is 22.1. The van der Waals surface area contributed by atoms with E-state index in [-0.39, 0.29) is 74.3 Å². The van der Waals surface area contributed by atoms with Crippen LogP contribution in [-0.4, -0.2) is 11.2 Å². The molecule has 0 heterocycles. The van der Waals surface area contributed by atoms with E-state index in [9.17, 15) is 5.11 Å². The number of allylic oxidation sites excluding steroid dienone is 6. The molecule has 2 rings (SSSR count). The normalized spacial score (nSPS) is 20.8. The molecule has 0 spiro atoms. The third-order valence-electron chi connectivity index (χ3n) is 6.83. The zero-order valence-electron chi connectivity index (χ0n) is 17.7. The Labute approximate surface area is 198 Å². The average molecular weight is 498 g/mol. The minimum atomic E-state index is -0.496. The Kier molecular flexibility index (Phi) is 12.0. The quantitative estimate of drug-likeness (QED) is 0.425. The zero-order valence-corrected chi connectivity index (χ0v) is 22.4. The van der Waals surface area contributed by atoms with Gasteiger partial charge in [0.05, 0.1) is 6.10 Å². The summed E-state index contributed by atoms with van der Waals surface area (Å²) in [6, 6.07) is 0. The van der Waals surface area contributed by atoms with Crippen molar-refractivity contribution in [2.45, 2.75) is 75.3 Å². The molecule has 1 N–H and O–H groups in total. The molecular formula is C21H32Cl3OZr. The second-order valence-electron chi connectivity index (χ2n) is 8.23. The fraction of sp³-hybridized carbons (Fsp3) is 0.619. The molecule has 2 aliphatic rings. The molecule has 0 aromatic heterocycles. The minimum Gasteiger partial charge on any atom is -1.00 e. The van der Waals surface area contributed by atoms with Crippen molar-refractivity contribution in [1.29, 1.82) is 0 Å². The van der Waals surface area contributed by atoms with E-state index in [0.717, 1.165) is 0 Å². The second kappa shape index (κ2) is 9.93. The Hall–Kier alpha value is 0.673. The van der Waals surface area contributed by atoms with Gasteiger partial charge in [0.25, 0.3) is 0 Å². The fourth-order valence-corrected chi connectivity index (χ4v) is 4.48. The maximum Gasteiger partial charge on any atom is 3.00 e. The first-order chi connectivity index (χ1) is 9.86. The second-order valence-corrected chi connectivity index (χ2v) is 8.23. The van der Waals surface area contributed by atoms with E-state index in [1.54, 1.807) is 0 Å². The van der Waals surface area contributed by atoms with Gasteiger partial charge in [-0.25, -0.2) is 0 Å². The van der Waals surface area contributed by atoms with Gasteiger partial charge in [0.2, 0.25) is 0 Å². The molecule has 147 valence electrons. The van der Waals surface area contributed by atoms with Gasteiger partial charge in [0, 0.05) is 10.8 Å². The predicted molar refractivity (Wildman–Crippen MR) is 95.7 cm³/mol. The smallest absolute Gasteiger partial charge is 1.00 e. The first-order valence-electron chi connectivity index (χ1n) is 8.34. The fourth-order valence-electron chi connectivity index (χ4n) is 4.48. The Bertz CT molecular complexity index is 621. The molecule has 0 bridgehead atoms. The molecule has 1 nitrogen and oxygen atoms in total. The number of aliphatic hydroxyl groups excluding tert-OH is 1.